The van der Waals surface area contributed by atoms with Crippen molar-refractivity contribution in [3.05, 3.63) is 29.8 Å². The summed E-state index contributed by atoms with van der Waals surface area (Å²) in [5.41, 5.74) is 1.05. The second kappa shape index (κ2) is 7.71. The van der Waals surface area contributed by atoms with E-state index in [2.05, 4.69) is 12.2 Å². The van der Waals surface area contributed by atoms with Gasteiger partial charge in [0.25, 0.3) is 5.91 Å². The van der Waals surface area contributed by atoms with Crippen LogP contribution in [0.1, 0.15) is 31.7 Å². The van der Waals surface area contributed by atoms with E-state index < -0.39 is 0 Å². The molecule has 1 aromatic rings. The Morgan fingerprint density at radius 1 is 1.29 bits per heavy atom. The quantitative estimate of drug-likeness (QED) is 0.738. The summed E-state index contributed by atoms with van der Waals surface area (Å²) in [6.07, 6.45) is 3.35. The molecular formula is C14H21NO2. The van der Waals surface area contributed by atoms with Crippen LogP contribution in [0.4, 0.5) is 0 Å². The Kier molecular flexibility index (Phi) is 6.15. The van der Waals surface area contributed by atoms with Crippen LogP contribution in [-0.2, 0) is 4.79 Å². The average molecular weight is 235 g/mol. The van der Waals surface area contributed by atoms with Crippen molar-refractivity contribution in [2.24, 2.45) is 0 Å². The second-order valence-electron chi connectivity index (χ2n) is 4.11. The molecule has 0 atom stereocenters. The molecule has 1 aromatic carbocycles. The van der Waals surface area contributed by atoms with Crippen LogP contribution < -0.4 is 10.1 Å². The minimum absolute atomic E-state index is 0.0515. The van der Waals surface area contributed by atoms with Gasteiger partial charge in [-0.05, 0) is 25.0 Å². The zero-order valence-electron chi connectivity index (χ0n) is 10.7. The number of nitrogens with one attached hydrogen (secondary N) is 1. The third-order valence-corrected chi connectivity index (χ3v) is 2.55. The number of ether oxygens (including phenoxy) is 1. The molecule has 0 heterocycles. The van der Waals surface area contributed by atoms with E-state index >= 15 is 0 Å². The van der Waals surface area contributed by atoms with Crippen molar-refractivity contribution in [2.45, 2.75) is 33.1 Å². The Labute approximate surface area is 103 Å². The predicted molar refractivity (Wildman–Crippen MR) is 69.2 cm³/mol. The van der Waals surface area contributed by atoms with Gasteiger partial charge in [0, 0.05) is 6.54 Å². The number of rotatable bonds is 7. The smallest absolute Gasteiger partial charge is 0.257 e. The topological polar surface area (TPSA) is 38.3 Å². The standard InChI is InChI=1S/C14H21NO2/c1-3-4-7-10-15-14(16)11-17-13-9-6-5-8-12(13)2/h5-6,8-9H,3-4,7,10-11H2,1-2H3,(H,15,16). The first-order valence-electron chi connectivity index (χ1n) is 6.19. The number of para-hydroxylation sites is 1. The van der Waals surface area contributed by atoms with Gasteiger partial charge >= 0.3 is 0 Å². The molecule has 3 heteroatoms. The zero-order valence-corrected chi connectivity index (χ0v) is 10.7. The molecule has 0 fully saturated rings. The van der Waals surface area contributed by atoms with Crippen molar-refractivity contribution in [1.29, 1.82) is 0 Å². The molecule has 1 rings (SSSR count). The first-order valence-corrected chi connectivity index (χ1v) is 6.19. The number of hydrogen-bond donors (Lipinski definition) is 1. The molecule has 17 heavy (non-hydrogen) atoms. The van der Waals surface area contributed by atoms with Gasteiger partial charge in [0.15, 0.2) is 6.61 Å². The molecule has 0 aliphatic rings. The number of unbranched alkanes of at least 4 members (excludes halogenated alkanes) is 2. The minimum atomic E-state index is -0.0515. The fraction of sp³-hybridized carbons (Fsp3) is 0.500. The molecular weight excluding hydrogens is 214 g/mol. The molecule has 0 saturated carbocycles. The monoisotopic (exact) mass is 235 g/mol. The highest BCUT2D eigenvalue weighted by molar-refractivity contribution is 5.77. The number of carbonyl (C=O) groups excluding carboxylic acids is 1. The molecule has 0 spiro atoms. The van der Waals surface area contributed by atoms with E-state index in [0.29, 0.717) is 0 Å². The van der Waals surface area contributed by atoms with Gasteiger partial charge in [-0.3, -0.25) is 4.79 Å². The van der Waals surface area contributed by atoms with Gasteiger partial charge in [0.05, 0.1) is 0 Å². The Morgan fingerprint density at radius 2 is 2.06 bits per heavy atom. The van der Waals surface area contributed by atoms with E-state index in [1.165, 1.54) is 0 Å². The van der Waals surface area contributed by atoms with Crippen LogP contribution in [-0.4, -0.2) is 19.1 Å². The first-order chi connectivity index (χ1) is 8.24. The number of carbonyl (C=O) groups is 1. The third-order valence-electron chi connectivity index (χ3n) is 2.55. The Hall–Kier alpha value is -1.51. The highest BCUT2D eigenvalue weighted by Crippen LogP contribution is 2.15. The summed E-state index contributed by atoms with van der Waals surface area (Å²) < 4.78 is 5.44. The van der Waals surface area contributed by atoms with E-state index in [4.69, 9.17) is 4.74 Å². The van der Waals surface area contributed by atoms with Gasteiger partial charge in [-0.15, -0.1) is 0 Å². The van der Waals surface area contributed by atoms with E-state index in [1.54, 1.807) is 0 Å². The van der Waals surface area contributed by atoms with Crippen LogP contribution in [0, 0.1) is 6.92 Å². The van der Waals surface area contributed by atoms with E-state index in [1.807, 2.05) is 31.2 Å². The van der Waals surface area contributed by atoms with Gasteiger partial charge in [-0.1, -0.05) is 38.0 Å². The SMILES string of the molecule is CCCCCNC(=O)COc1ccccc1C. The molecule has 0 unspecified atom stereocenters. The Balaban J connectivity index is 2.22. The molecule has 0 bridgehead atoms. The summed E-state index contributed by atoms with van der Waals surface area (Å²) >= 11 is 0. The van der Waals surface area contributed by atoms with E-state index in [-0.39, 0.29) is 12.5 Å². The van der Waals surface area contributed by atoms with Crippen LogP contribution in [0.2, 0.25) is 0 Å². The van der Waals surface area contributed by atoms with Gasteiger partial charge in [-0.25, -0.2) is 0 Å². The summed E-state index contributed by atoms with van der Waals surface area (Å²) in [6, 6.07) is 7.70. The zero-order chi connectivity index (χ0) is 12.5. The van der Waals surface area contributed by atoms with Gasteiger partial charge < -0.3 is 10.1 Å². The number of benzene rings is 1. The highest BCUT2D eigenvalue weighted by atomic mass is 16.5. The van der Waals surface area contributed by atoms with Gasteiger partial charge in [-0.2, -0.15) is 0 Å². The number of aryl methyl sites for hydroxylation is 1. The maximum absolute atomic E-state index is 11.5. The summed E-state index contributed by atoms with van der Waals surface area (Å²) in [5, 5.41) is 2.84. The van der Waals surface area contributed by atoms with Crippen molar-refractivity contribution < 1.29 is 9.53 Å². The van der Waals surface area contributed by atoms with Crippen LogP contribution >= 0.6 is 0 Å². The second-order valence-corrected chi connectivity index (χ2v) is 4.11. The highest BCUT2D eigenvalue weighted by Gasteiger charge is 2.03. The summed E-state index contributed by atoms with van der Waals surface area (Å²) in [6.45, 7) is 4.94. The lowest BCUT2D eigenvalue weighted by Crippen LogP contribution is -2.29. The summed E-state index contributed by atoms with van der Waals surface area (Å²) in [7, 11) is 0. The Bertz CT molecular complexity index is 350. The maximum atomic E-state index is 11.5. The molecule has 0 aromatic heterocycles. The molecule has 0 aliphatic heterocycles. The van der Waals surface area contributed by atoms with Crippen molar-refractivity contribution >= 4 is 5.91 Å². The lowest BCUT2D eigenvalue weighted by Gasteiger charge is -2.09. The molecule has 0 aliphatic carbocycles. The van der Waals surface area contributed by atoms with Crippen molar-refractivity contribution in [3.8, 4) is 5.75 Å². The molecule has 0 radical (unpaired) electrons. The predicted octanol–water partition coefficient (Wildman–Crippen LogP) is 2.68. The lowest BCUT2D eigenvalue weighted by molar-refractivity contribution is -0.123. The minimum Gasteiger partial charge on any atom is -0.484 e. The van der Waals surface area contributed by atoms with E-state index in [9.17, 15) is 4.79 Å². The molecule has 0 saturated heterocycles. The molecule has 94 valence electrons. The molecule has 1 N–H and O–H groups in total. The molecule has 1 amide bonds. The van der Waals surface area contributed by atoms with Crippen LogP contribution in [0.15, 0.2) is 24.3 Å². The fourth-order valence-electron chi connectivity index (χ4n) is 1.52. The average Bonchev–Trinajstić information content (AvgIpc) is 2.34. The summed E-state index contributed by atoms with van der Waals surface area (Å²) in [5.74, 6) is 0.723. The number of hydrogen-bond acceptors (Lipinski definition) is 2. The summed E-state index contributed by atoms with van der Waals surface area (Å²) in [4.78, 5) is 11.5. The number of amides is 1. The van der Waals surface area contributed by atoms with Crippen molar-refractivity contribution in [3.63, 3.8) is 0 Å². The maximum Gasteiger partial charge on any atom is 0.257 e. The van der Waals surface area contributed by atoms with Crippen molar-refractivity contribution in [2.75, 3.05) is 13.2 Å². The van der Waals surface area contributed by atoms with Crippen LogP contribution in [0.5, 0.6) is 5.75 Å². The normalized spacial score (nSPS) is 10.0. The van der Waals surface area contributed by atoms with Gasteiger partial charge in [0.1, 0.15) is 5.75 Å². The lowest BCUT2D eigenvalue weighted by atomic mass is 10.2. The fourth-order valence-corrected chi connectivity index (χ4v) is 1.52. The largest absolute Gasteiger partial charge is 0.484 e. The van der Waals surface area contributed by atoms with E-state index in [0.717, 1.165) is 37.1 Å². The molecule has 3 nitrogen and oxygen atoms in total. The van der Waals surface area contributed by atoms with Crippen LogP contribution in [0.25, 0.3) is 0 Å². The van der Waals surface area contributed by atoms with Crippen LogP contribution in [0.3, 0.4) is 0 Å². The first kappa shape index (κ1) is 13.6. The third kappa shape index (κ3) is 5.38. The van der Waals surface area contributed by atoms with Gasteiger partial charge in [0.2, 0.25) is 0 Å². The Morgan fingerprint density at radius 3 is 2.76 bits per heavy atom. The van der Waals surface area contributed by atoms with Crippen molar-refractivity contribution in [1.82, 2.24) is 5.32 Å².